The maximum Gasteiger partial charge on any atom is 0.127 e. The molecule has 1 atom stereocenters. The lowest BCUT2D eigenvalue weighted by atomic mass is 10.1. The van der Waals surface area contributed by atoms with Gasteiger partial charge in [0.2, 0.25) is 0 Å². The molecule has 0 heterocycles. The number of aliphatic hydroxyl groups excluding tert-OH is 1. The minimum atomic E-state index is -0.678. The van der Waals surface area contributed by atoms with Gasteiger partial charge in [0.05, 0.1) is 12.7 Å². The second-order valence-electron chi connectivity index (χ2n) is 3.51. The Bertz CT molecular complexity index is 380. The Hall–Kier alpha value is -1.53. The number of benzene rings is 1. The van der Waals surface area contributed by atoms with Gasteiger partial charge >= 0.3 is 0 Å². The summed E-state index contributed by atoms with van der Waals surface area (Å²) in [6, 6.07) is 4.10. The number of unbranched alkanes of at least 4 members (excludes halogenated alkanes) is 1. The van der Waals surface area contributed by atoms with Crippen molar-refractivity contribution >= 4 is 0 Å². The summed E-state index contributed by atoms with van der Waals surface area (Å²) >= 11 is 0. The van der Waals surface area contributed by atoms with Crippen LogP contribution in [0, 0.1) is 18.2 Å². The van der Waals surface area contributed by atoms with Crippen LogP contribution >= 0.6 is 0 Å². The SMILES string of the molecule is C#CCCCOc1cc(F)ccc1[C@H](C)O. The highest BCUT2D eigenvalue weighted by Gasteiger charge is 2.09. The van der Waals surface area contributed by atoms with E-state index in [1.165, 1.54) is 18.2 Å². The first kappa shape index (κ1) is 12.5. The first-order chi connectivity index (χ1) is 7.65. The minimum absolute atomic E-state index is 0.378. The summed E-state index contributed by atoms with van der Waals surface area (Å²) in [4.78, 5) is 0. The molecule has 0 aliphatic heterocycles. The fourth-order valence-corrected chi connectivity index (χ4v) is 1.33. The van der Waals surface area contributed by atoms with E-state index in [1.807, 2.05) is 0 Å². The smallest absolute Gasteiger partial charge is 0.127 e. The molecule has 86 valence electrons. The van der Waals surface area contributed by atoms with Crippen LogP contribution in [-0.4, -0.2) is 11.7 Å². The van der Waals surface area contributed by atoms with E-state index >= 15 is 0 Å². The average Bonchev–Trinajstić information content (AvgIpc) is 2.24. The van der Waals surface area contributed by atoms with Crippen molar-refractivity contribution in [2.75, 3.05) is 6.61 Å². The molecule has 0 saturated heterocycles. The van der Waals surface area contributed by atoms with Crippen molar-refractivity contribution < 1.29 is 14.2 Å². The van der Waals surface area contributed by atoms with Crippen molar-refractivity contribution in [1.82, 2.24) is 0 Å². The van der Waals surface area contributed by atoms with E-state index in [4.69, 9.17) is 11.2 Å². The van der Waals surface area contributed by atoms with E-state index < -0.39 is 6.10 Å². The van der Waals surface area contributed by atoms with Gasteiger partial charge in [0.1, 0.15) is 11.6 Å². The molecule has 0 radical (unpaired) electrons. The fourth-order valence-electron chi connectivity index (χ4n) is 1.33. The van der Waals surface area contributed by atoms with Gasteiger partial charge in [-0.1, -0.05) is 0 Å². The lowest BCUT2D eigenvalue weighted by Gasteiger charge is -2.13. The molecule has 0 saturated carbocycles. The molecule has 1 aromatic carbocycles. The number of hydrogen-bond acceptors (Lipinski definition) is 2. The molecule has 0 aliphatic rings. The molecule has 0 bridgehead atoms. The summed E-state index contributed by atoms with van der Waals surface area (Å²) in [6.45, 7) is 2.04. The van der Waals surface area contributed by atoms with Crippen LogP contribution in [0.15, 0.2) is 18.2 Å². The molecule has 0 unspecified atom stereocenters. The molecule has 3 heteroatoms. The Morgan fingerprint density at radius 3 is 2.94 bits per heavy atom. The molecule has 2 nitrogen and oxygen atoms in total. The maximum absolute atomic E-state index is 13.0. The summed E-state index contributed by atoms with van der Waals surface area (Å²) in [5.41, 5.74) is 0.585. The maximum atomic E-state index is 13.0. The summed E-state index contributed by atoms with van der Waals surface area (Å²) in [5.74, 6) is 2.50. The third-order valence-electron chi connectivity index (χ3n) is 2.15. The van der Waals surface area contributed by atoms with Gasteiger partial charge in [0.15, 0.2) is 0 Å². The Kier molecular flexibility index (Phi) is 4.81. The van der Waals surface area contributed by atoms with Crippen LogP contribution in [0.3, 0.4) is 0 Å². The lowest BCUT2D eigenvalue weighted by molar-refractivity contribution is 0.190. The van der Waals surface area contributed by atoms with Crippen LogP contribution < -0.4 is 4.74 Å². The van der Waals surface area contributed by atoms with E-state index in [-0.39, 0.29) is 5.82 Å². The number of aliphatic hydroxyl groups is 1. The average molecular weight is 222 g/mol. The topological polar surface area (TPSA) is 29.5 Å². The van der Waals surface area contributed by atoms with Crippen molar-refractivity contribution in [1.29, 1.82) is 0 Å². The van der Waals surface area contributed by atoms with Crippen molar-refractivity contribution in [2.24, 2.45) is 0 Å². The van der Waals surface area contributed by atoms with E-state index in [1.54, 1.807) is 6.92 Å². The monoisotopic (exact) mass is 222 g/mol. The molecular formula is C13H15FO2. The molecule has 0 fully saturated rings. The number of terminal acetylenes is 1. The van der Waals surface area contributed by atoms with Gasteiger partial charge in [-0.3, -0.25) is 0 Å². The van der Waals surface area contributed by atoms with E-state index in [0.29, 0.717) is 30.8 Å². The molecule has 0 spiro atoms. The van der Waals surface area contributed by atoms with Gasteiger partial charge < -0.3 is 9.84 Å². The van der Waals surface area contributed by atoms with E-state index in [0.717, 1.165) is 0 Å². The van der Waals surface area contributed by atoms with Gasteiger partial charge in [-0.15, -0.1) is 12.3 Å². The molecule has 0 amide bonds. The summed E-state index contributed by atoms with van der Waals surface area (Å²) < 4.78 is 18.4. The first-order valence-corrected chi connectivity index (χ1v) is 5.19. The van der Waals surface area contributed by atoms with Crippen molar-refractivity contribution in [3.05, 3.63) is 29.6 Å². The van der Waals surface area contributed by atoms with Gasteiger partial charge in [-0.05, 0) is 25.5 Å². The fraction of sp³-hybridized carbons (Fsp3) is 0.385. The van der Waals surface area contributed by atoms with Gasteiger partial charge in [0.25, 0.3) is 0 Å². The van der Waals surface area contributed by atoms with Crippen LogP contribution in [0.4, 0.5) is 4.39 Å². The zero-order valence-corrected chi connectivity index (χ0v) is 9.24. The highest BCUT2D eigenvalue weighted by molar-refractivity contribution is 5.35. The number of rotatable bonds is 5. The van der Waals surface area contributed by atoms with Crippen LogP contribution in [-0.2, 0) is 0 Å². The van der Waals surface area contributed by atoms with E-state index in [9.17, 15) is 9.50 Å². The second-order valence-corrected chi connectivity index (χ2v) is 3.51. The minimum Gasteiger partial charge on any atom is -0.493 e. The molecule has 0 aromatic heterocycles. The Balaban J connectivity index is 2.69. The highest BCUT2D eigenvalue weighted by Crippen LogP contribution is 2.26. The van der Waals surface area contributed by atoms with Crippen LogP contribution in [0.5, 0.6) is 5.75 Å². The lowest BCUT2D eigenvalue weighted by Crippen LogP contribution is -2.02. The largest absolute Gasteiger partial charge is 0.493 e. The quantitative estimate of drug-likeness (QED) is 0.613. The van der Waals surface area contributed by atoms with Gasteiger partial charge in [-0.25, -0.2) is 4.39 Å². The van der Waals surface area contributed by atoms with Gasteiger partial charge in [-0.2, -0.15) is 0 Å². The summed E-state index contributed by atoms with van der Waals surface area (Å²) in [5, 5.41) is 9.46. The molecule has 1 rings (SSSR count). The molecule has 16 heavy (non-hydrogen) atoms. The predicted molar refractivity (Wildman–Crippen MR) is 60.6 cm³/mol. The van der Waals surface area contributed by atoms with Crippen LogP contribution in [0.1, 0.15) is 31.4 Å². The molecule has 1 N–H and O–H groups in total. The van der Waals surface area contributed by atoms with Crippen molar-refractivity contribution in [2.45, 2.75) is 25.9 Å². The van der Waals surface area contributed by atoms with Crippen LogP contribution in [0.25, 0.3) is 0 Å². The number of halogens is 1. The Labute approximate surface area is 95.1 Å². The van der Waals surface area contributed by atoms with Crippen LogP contribution in [0.2, 0.25) is 0 Å². The first-order valence-electron chi connectivity index (χ1n) is 5.19. The Morgan fingerprint density at radius 1 is 1.56 bits per heavy atom. The molecule has 0 aliphatic carbocycles. The number of ether oxygens (including phenoxy) is 1. The van der Waals surface area contributed by atoms with Crippen molar-refractivity contribution in [3.8, 4) is 18.1 Å². The third kappa shape index (κ3) is 3.56. The summed E-state index contributed by atoms with van der Waals surface area (Å²) in [6.07, 6.45) is 5.77. The van der Waals surface area contributed by atoms with Crippen molar-refractivity contribution in [3.63, 3.8) is 0 Å². The summed E-state index contributed by atoms with van der Waals surface area (Å²) in [7, 11) is 0. The Morgan fingerprint density at radius 2 is 2.31 bits per heavy atom. The highest BCUT2D eigenvalue weighted by atomic mass is 19.1. The third-order valence-corrected chi connectivity index (χ3v) is 2.15. The normalized spacial score (nSPS) is 11.9. The zero-order chi connectivity index (χ0) is 12.0. The zero-order valence-electron chi connectivity index (χ0n) is 9.24. The second kappa shape index (κ2) is 6.14. The van der Waals surface area contributed by atoms with E-state index in [2.05, 4.69) is 5.92 Å². The van der Waals surface area contributed by atoms with Gasteiger partial charge in [0, 0.05) is 18.1 Å². The molecule has 1 aromatic rings. The number of hydrogen-bond donors (Lipinski definition) is 1. The predicted octanol–water partition coefficient (Wildman–Crippen LogP) is 2.67. The molecular weight excluding hydrogens is 207 g/mol. The standard InChI is InChI=1S/C13H15FO2/c1-3-4-5-8-16-13-9-11(14)6-7-12(13)10(2)15/h1,6-7,9-10,15H,4-5,8H2,2H3/t10-/m0/s1.